The molecule has 5 aromatic rings. The number of hydrogen-bond acceptors (Lipinski definition) is 10. The first-order chi connectivity index (χ1) is 26.4. The summed E-state index contributed by atoms with van der Waals surface area (Å²) in [5, 5.41) is 25.9. The topological polar surface area (TPSA) is 154 Å². The first kappa shape index (κ1) is 36.7. The van der Waals surface area contributed by atoms with E-state index in [9.17, 15) is 24.6 Å². The molecule has 4 N–H and O–H groups in total. The number of hydroxylamine groups is 2. The fourth-order valence-electron chi connectivity index (χ4n) is 7.53. The summed E-state index contributed by atoms with van der Waals surface area (Å²) in [7, 11) is 0. The molecule has 3 atom stereocenters. The van der Waals surface area contributed by atoms with Crippen LogP contribution in [0.2, 0.25) is 0 Å². The average Bonchev–Trinajstić information content (AvgIpc) is 3.20. The molecule has 4 aromatic carbocycles. The molecular weight excluding hydrogens is 688 g/mol. The molecule has 54 heavy (non-hydrogen) atoms. The number of nitrogens with one attached hydrogen (secondary N) is 2. The number of amides is 1. The third-order valence-corrected chi connectivity index (χ3v) is 10.3. The summed E-state index contributed by atoms with van der Waals surface area (Å²) in [5.41, 5.74) is 4.06. The Kier molecular flexibility index (Phi) is 11.5. The maximum Gasteiger partial charge on any atom is 0.444 e. The van der Waals surface area contributed by atoms with Gasteiger partial charge in [-0.25, -0.2) is 4.79 Å². The molecule has 280 valence electrons. The molecule has 0 aliphatic carbocycles. The van der Waals surface area contributed by atoms with Gasteiger partial charge < -0.3 is 34.8 Å². The number of nitrogens with zero attached hydrogens (tertiary/aromatic N) is 2. The Labute approximate surface area is 312 Å². The monoisotopic (exact) mass is 732 g/mol. The minimum Gasteiger partial charge on any atom is -0.506 e. The third kappa shape index (κ3) is 8.57. The van der Waals surface area contributed by atoms with Crippen molar-refractivity contribution in [2.45, 2.75) is 44.1 Å². The van der Waals surface area contributed by atoms with E-state index in [1.807, 2.05) is 72.8 Å². The molecule has 0 radical (unpaired) electrons. The van der Waals surface area contributed by atoms with Gasteiger partial charge in [0.1, 0.15) is 30.3 Å². The number of carbonyl (C=O) groups is 2. The number of hydrogen-bond donors (Lipinski definition) is 4. The number of rotatable bonds is 15. The number of H-pyrrole nitrogens is 1. The average molecular weight is 733 g/mol. The minimum absolute atomic E-state index is 0.0490. The highest BCUT2D eigenvalue weighted by atomic mass is 16.7. The smallest absolute Gasteiger partial charge is 0.444 e. The van der Waals surface area contributed by atoms with Gasteiger partial charge in [0.2, 0.25) is 5.56 Å². The highest BCUT2D eigenvalue weighted by Gasteiger charge is 2.39. The number of carbonyl (C=O) groups excluding carboxylic acids is 2. The van der Waals surface area contributed by atoms with Gasteiger partial charge in [0.25, 0.3) is 0 Å². The largest absolute Gasteiger partial charge is 0.506 e. The van der Waals surface area contributed by atoms with Crippen molar-refractivity contribution in [3.8, 4) is 11.5 Å². The summed E-state index contributed by atoms with van der Waals surface area (Å²) < 4.78 is 12.2. The van der Waals surface area contributed by atoms with Crippen LogP contribution in [-0.2, 0) is 27.4 Å². The van der Waals surface area contributed by atoms with Gasteiger partial charge in [0.05, 0.1) is 11.6 Å². The van der Waals surface area contributed by atoms with Crippen LogP contribution in [0.4, 0.5) is 4.79 Å². The lowest BCUT2D eigenvalue weighted by atomic mass is 9.86. The number of piperidine rings is 3. The summed E-state index contributed by atoms with van der Waals surface area (Å²) in [6, 6.07) is 30.2. The Morgan fingerprint density at radius 2 is 1.72 bits per heavy atom. The van der Waals surface area contributed by atoms with Crippen molar-refractivity contribution >= 4 is 23.5 Å². The van der Waals surface area contributed by atoms with Crippen LogP contribution in [0.1, 0.15) is 52.8 Å². The third-order valence-electron chi connectivity index (χ3n) is 10.3. The number of phenols is 1. The van der Waals surface area contributed by atoms with E-state index in [0.29, 0.717) is 59.8 Å². The van der Waals surface area contributed by atoms with E-state index >= 15 is 0 Å². The van der Waals surface area contributed by atoms with E-state index in [1.54, 1.807) is 12.1 Å². The van der Waals surface area contributed by atoms with Crippen molar-refractivity contribution in [3.05, 3.63) is 141 Å². The number of aromatic amines is 1. The number of aliphatic hydroxyl groups is 1. The van der Waals surface area contributed by atoms with Crippen LogP contribution in [0, 0.1) is 5.92 Å². The molecule has 3 fully saturated rings. The first-order valence-corrected chi connectivity index (χ1v) is 18.3. The number of aliphatic hydroxyl groups excluding tert-OH is 1. The van der Waals surface area contributed by atoms with Gasteiger partial charge in [0, 0.05) is 24.5 Å². The van der Waals surface area contributed by atoms with E-state index in [2.05, 4.69) is 21.3 Å². The summed E-state index contributed by atoms with van der Waals surface area (Å²) in [6.45, 7) is 4.13. The Hall–Kier alpha value is -5.69. The first-order valence-electron chi connectivity index (χ1n) is 18.3. The summed E-state index contributed by atoms with van der Waals surface area (Å²) in [5.74, 6) is 0.822. The lowest BCUT2D eigenvalue weighted by Gasteiger charge is -2.44. The molecular formula is C42H44N4O8. The number of aromatic nitrogens is 1. The number of ether oxygens (including phenoxy) is 2. The predicted octanol–water partition coefficient (Wildman–Crippen LogP) is 5.39. The van der Waals surface area contributed by atoms with Crippen molar-refractivity contribution in [2.24, 2.45) is 5.92 Å². The molecule has 12 heteroatoms. The van der Waals surface area contributed by atoms with Crippen molar-refractivity contribution in [3.63, 3.8) is 0 Å². The highest BCUT2D eigenvalue weighted by molar-refractivity contribution is 5.87. The van der Waals surface area contributed by atoms with Gasteiger partial charge in [-0.3, -0.25) is 14.5 Å². The molecule has 12 nitrogen and oxygen atoms in total. The van der Waals surface area contributed by atoms with Crippen molar-refractivity contribution < 1.29 is 34.1 Å². The van der Waals surface area contributed by atoms with Crippen molar-refractivity contribution in [1.29, 1.82) is 0 Å². The van der Waals surface area contributed by atoms with Gasteiger partial charge >= 0.3 is 12.6 Å². The van der Waals surface area contributed by atoms with Crippen LogP contribution in [0.5, 0.6) is 11.5 Å². The SMILES string of the molecule is O=CON(C(=O)O[C@H]1CN2CCC1CC2)C(c1ccccc1)c1cccc(OCc2cccc(CCNC[C@@H](O)c3ccc(O)c4[nH]c(=O)ccc34)c2)c1. The minimum atomic E-state index is -0.844. The molecule has 4 heterocycles. The molecule has 8 rings (SSSR count). The molecule has 0 saturated carbocycles. The van der Waals surface area contributed by atoms with Gasteiger partial charge in [-0.2, -0.15) is 0 Å². The standard InChI is InChI=1S/C42H44N4O8/c47-27-53-46(42(51)54-38-25-45-20-17-30(38)18-21-45)41(31-8-2-1-3-9-31)32-10-5-11-33(23-32)52-26-29-7-4-6-28(22-29)16-19-43-24-37(49)34-12-14-36(48)40-35(34)13-15-39(50)44-40/h1-15,22-23,27,30,37-38,41,43,48-49H,16-21,24-26H2,(H,44,50)/t37-,38+,41?/m1/s1. The number of benzene rings is 4. The van der Waals surface area contributed by atoms with E-state index < -0.39 is 18.2 Å². The van der Waals surface area contributed by atoms with Gasteiger partial charge in [-0.15, -0.1) is 5.06 Å². The number of phenolic OH excluding ortho intramolecular Hbond substituents is 1. The van der Waals surface area contributed by atoms with E-state index in [0.717, 1.165) is 47.7 Å². The summed E-state index contributed by atoms with van der Waals surface area (Å²) >= 11 is 0. The van der Waals surface area contributed by atoms with Crippen molar-refractivity contribution in [1.82, 2.24) is 20.3 Å². The van der Waals surface area contributed by atoms with Crippen LogP contribution in [0.25, 0.3) is 10.9 Å². The van der Waals surface area contributed by atoms with E-state index in [1.165, 1.54) is 12.1 Å². The fourth-order valence-corrected chi connectivity index (χ4v) is 7.53. The number of pyridine rings is 1. The lowest BCUT2D eigenvalue weighted by molar-refractivity contribution is -0.176. The Morgan fingerprint density at radius 3 is 2.50 bits per heavy atom. The van der Waals surface area contributed by atoms with Crippen LogP contribution < -0.4 is 15.6 Å². The molecule has 3 saturated heterocycles. The van der Waals surface area contributed by atoms with Crippen LogP contribution in [-0.4, -0.2) is 76.6 Å². The van der Waals surface area contributed by atoms with Gasteiger partial charge in [0.15, 0.2) is 0 Å². The molecule has 3 aliphatic rings. The van der Waals surface area contributed by atoms with Gasteiger partial charge in [-0.05, 0) is 96.9 Å². The molecule has 0 spiro atoms. The fraction of sp³-hybridized carbons (Fsp3) is 0.310. The predicted molar refractivity (Wildman–Crippen MR) is 202 cm³/mol. The normalized spacial score (nSPS) is 18.8. The molecule has 1 aromatic heterocycles. The molecule has 1 amide bonds. The zero-order chi connectivity index (χ0) is 37.4. The lowest BCUT2D eigenvalue weighted by Crippen LogP contribution is -2.53. The quantitative estimate of drug-likeness (QED) is 0.0626. The van der Waals surface area contributed by atoms with Crippen LogP contribution in [0.3, 0.4) is 0 Å². The van der Waals surface area contributed by atoms with E-state index in [4.69, 9.17) is 14.3 Å². The number of aromatic hydroxyl groups is 1. The van der Waals surface area contributed by atoms with Crippen LogP contribution in [0.15, 0.2) is 108 Å². The summed E-state index contributed by atoms with van der Waals surface area (Å²) in [4.78, 5) is 47.5. The maximum atomic E-state index is 13.7. The molecule has 2 bridgehead atoms. The van der Waals surface area contributed by atoms with Crippen LogP contribution >= 0.6 is 0 Å². The van der Waals surface area contributed by atoms with Gasteiger partial charge in [-0.1, -0.05) is 72.8 Å². The number of fused-ring (bicyclic) bond motifs is 4. The summed E-state index contributed by atoms with van der Waals surface area (Å²) in [6.07, 6.45) is 0.840. The Bertz CT molecular complexity index is 2120. The Balaban J connectivity index is 0.982. The van der Waals surface area contributed by atoms with Crippen molar-refractivity contribution in [2.75, 3.05) is 32.7 Å². The second-order valence-electron chi connectivity index (χ2n) is 13.8. The second kappa shape index (κ2) is 17.0. The highest BCUT2D eigenvalue weighted by Crippen LogP contribution is 2.35. The maximum absolute atomic E-state index is 13.7. The van der Waals surface area contributed by atoms with E-state index in [-0.39, 0.29) is 30.4 Å². The zero-order valence-corrected chi connectivity index (χ0v) is 29.8. The zero-order valence-electron chi connectivity index (χ0n) is 29.8. The second-order valence-corrected chi connectivity index (χ2v) is 13.8. The molecule has 1 unspecified atom stereocenters. The Morgan fingerprint density at radius 1 is 0.944 bits per heavy atom. The molecule has 3 aliphatic heterocycles.